The second-order valence-corrected chi connectivity index (χ2v) is 6.17. The third-order valence-corrected chi connectivity index (χ3v) is 4.14. The highest BCUT2D eigenvalue weighted by atomic mass is 15.1. The minimum Gasteiger partial charge on any atom is -0.371 e. The third-order valence-electron chi connectivity index (χ3n) is 4.14. The van der Waals surface area contributed by atoms with Crippen molar-refractivity contribution >= 4 is 5.69 Å². The topological polar surface area (TPSA) is 29.3 Å². The second-order valence-electron chi connectivity index (χ2n) is 6.17. The lowest BCUT2D eigenvalue weighted by Gasteiger charge is -2.25. The summed E-state index contributed by atoms with van der Waals surface area (Å²) in [7, 11) is 0. The predicted molar refractivity (Wildman–Crippen MR) is 76.7 cm³/mol. The van der Waals surface area contributed by atoms with Crippen LogP contribution in [-0.4, -0.2) is 13.1 Å². The number of rotatable bonds is 6. The highest BCUT2D eigenvalue weighted by molar-refractivity contribution is 5.48. The molecule has 2 heteroatoms. The van der Waals surface area contributed by atoms with Crippen LogP contribution in [0.15, 0.2) is 24.3 Å². The number of hydrogen-bond donors (Lipinski definition) is 1. The van der Waals surface area contributed by atoms with Gasteiger partial charge < -0.3 is 10.6 Å². The molecule has 0 aliphatic heterocycles. The first-order valence-electron chi connectivity index (χ1n) is 7.33. The van der Waals surface area contributed by atoms with Crippen molar-refractivity contribution in [1.82, 2.24) is 0 Å². The van der Waals surface area contributed by atoms with Crippen molar-refractivity contribution in [1.29, 1.82) is 0 Å². The Bertz CT molecular complexity index is 374. The average Bonchev–Trinajstić information content (AvgIpc) is 3.23. The zero-order chi connectivity index (χ0) is 12.5. The number of nitrogens with zero attached hydrogens (tertiary/aromatic N) is 1. The quantitative estimate of drug-likeness (QED) is 0.831. The van der Waals surface area contributed by atoms with Crippen molar-refractivity contribution in [3.63, 3.8) is 0 Å². The lowest BCUT2D eigenvalue weighted by Crippen LogP contribution is -2.28. The van der Waals surface area contributed by atoms with Crippen molar-refractivity contribution < 1.29 is 0 Å². The van der Waals surface area contributed by atoms with Crippen molar-refractivity contribution in [2.75, 3.05) is 18.0 Å². The molecule has 1 atom stereocenters. The standard InChI is InChI=1S/C16H24N2/c1-12(17)15-6-8-16(9-7-15)18(10-13-2-3-13)11-14-4-5-14/h6-9,12-14H,2-5,10-11,17H2,1H3. The van der Waals surface area contributed by atoms with Crippen molar-refractivity contribution in [3.05, 3.63) is 29.8 Å². The first-order chi connectivity index (χ1) is 8.72. The van der Waals surface area contributed by atoms with Gasteiger partial charge in [-0.2, -0.15) is 0 Å². The molecule has 0 radical (unpaired) electrons. The van der Waals surface area contributed by atoms with Crippen molar-refractivity contribution in [3.8, 4) is 0 Å². The van der Waals surface area contributed by atoms with Gasteiger partial charge in [-0.05, 0) is 62.1 Å². The maximum Gasteiger partial charge on any atom is 0.0366 e. The number of anilines is 1. The summed E-state index contributed by atoms with van der Waals surface area (Å²) < 4.78 is 0. The molecule has 0 bridgehead atoms. The van der Waals surface area contributed by atoms with E-state index >= 15 is 0 Å². The average molecular weight is 244 g/mol. The molecule has 2 fully saturated rings. The maximum absolute atomic E-state index is 5.91. The molecule has 1 unspecified atom stereocenters. The molecule has 3 rings (SSSR count). The van der Waals surface area contributed by atoms with Crippen LogP contribution < -0.4 is 10.6 Å². The number of hydrogen-bond acceptors (Lipinski definition) is 2. The molecule has 0 saturated heterocycles. The Morgan fingerprint density at radius 3 is 1.94 bits per heavy atom. The normalized spacial score (nSPS) is 20.8. The highest BCUT2D eigenvalue weighted by Gasteiger charge is 2.29. The fourth-order valence-electron chi connectivity index (χ4n) is 2.50. The molecule has 2 aliphatic carbocycles. The Balaban J connectivity index is 1.70. The van der Waals surface area contributed by atoms with Gasteiger partial charge in [-0.25, -0.2) is 0 Å². The molecule has 1 aromatic carbocycles. The zero-order valence-electron chi connectivity index (χ0n) is 11.3. The van der Waals surface area contributed by atoms with E-state index in [1.165, 1.54) is 50.0 Å². The van der Waals surface area contributed by atoms with Crippen LogP contribution in [0.4, 0.5) is 5.69 Å². The van der Waals surface area contributed by atoms with E-state index in [0.717, 1.165) is 11.8 Å². The monoisotopic (exact) mass is 244 g/mol. The number of benzene rings is 1. The fraction of sp³-hybridized carbons (Fsp3) is 0.625. The van der Waals surface area contributed by atoms with Gasteiger partial charge in [0, 0.05) is 24.8 Å². The lowest BCUT2D eigenvalue weighted by molar-refractivity contribution is 0.679. The van der Waals surface area contributed by atoms with Crippen LogP contribution in [-0.2, 0) is 0 Å². The van der Waals surface area contributed by atoms with Gasteiger partial charge in [-0.3, -0.25) is 0 Å². The van der Waals surface area contributed by atoms with Gasteiger partial charge in [0.25, 0.3) is 0 Å². The Kier molecular flexibility index (Phi) is 3.29. The fourth-order valence-corrected chi connectivity index (χ4v) is 2.50. The molecule has 1 aromatic rings. The van der Waals surface area contributed by atoms with E-state index in [2.05, 4.69) is 29.2 Å². The van der Waals surface area contributed by atoms with Gasteiger partial charge in [0.05, 0.1) is 0 Å². The Hall–Kier alpha value is -1.02. The molecule has 2 aliphatic rings. The summed E-state index contributed by atoms with van der Waals surface area (Å²) in [5.41, 5.74) is 8.53. The Morgan fingerprint density at radius 2 is 1.56 bits per heavy atom. The van der Waals surface area contributed by atoms with E-state index < -0.39 is 0 Å². The molecule has 18 heavy (non-hydrogen) atoms. The van der Waals surface area contributed by atoms with Crippen LogP contribution in [0.25, 0.3) is 0 Å². The summed E-state index contributed by atoms with van der Waals surface area (Å²) >= 11 is 0. The van der Waals surface area contributed by atoms with Gasteiger partial charge in [0.15, 0.2) is 0 Å². The van der Waals surface area contributed by atoms with Gasteiger partial charge in [0.2, 0.25) is 0 Å². The molecule has 0 amide bonds. The lowest BCUT2D eigenvalue weighted by atomic mass is 10.1. The summed E-state index contributed by atoms with van der Waals surface area (Å²) in [6.07, 6.45) is 5.72. The predicted octanol–water partition coefficient (Wildman–Crippen LogP) is 3.33. The zero-order valence-corrected chi connectivity index (χ0v) is 11.3. The van der Waals surface area contributed by atoms with E-state index in [1.54, 1.807) is 0 Å². The van der Waals surface area contributed by atoms with Crippen LogP contribution in [0.1, 0.15) is 44.2 Å². The summed E-state index contributed by atoms with van der Waals surface area (Å²) in [4.78, 5) is 2.60. The van der Waals surface area contributed by atoms with E-state index in [0.29, 0.717) is 0 Å². The van der Waals surface area contributed by atoms with E-state index in [-0.39, 0.29) is 6.04 Å². The van der Waals surface area contributed by atoms with Gasteiger partial charge >= 0.3 is 0 Å². The summed E-state index contributed by atoms with van der Waals surface area (Å²) in [5, 5.41) is 0. The molecule has 0 heterocycles. The smallest absolute Gasteiger partial charge is 0.0366 e. The summed E-state index contributed by atoms with van der Waals surface area (Å²) in [6, 6.07) is 9.02. The van der Waals surface area contributed by atoms with Gasteiger partial charge in [-0.15, -0.1) is 0 Å². The van der Waals surface area contributed by atoms with E-state index in [9.17, 15) is 0 Å². The van der Waals surface area contributed by atoms with Crippen LogP contribution in [0.5, 0.6) is 0 Å². The first-order valence-corrected chi connectivity index (χ1v) is 7.33. The Morgan fingerprint density at radius 1 is 1.06 bits per heavy atom. The van der Waals surface area contributed by atoms with E-state index in [1.807, 2.05) is 6.92 Å². The molecule has 0 spiro atoms. The van der Waals surface area contributed by atoms with E-state index in [4.69, 9.17) is 5.73 Å². The molecule has 2 nitrogen and oxygen atoms in total. The van der Waals surface area contributed by atoms with Crippen molar-refractivity contribution in [2.24, 2.45) is 17.6 Å². The molecule has 98 valence electrons. The molecule has 2 N–H and O–H groups in total. The Labute approximate surface area is 110 Å². The molecule has 2 saturated carbocycles. The largest absolute Gasteiger partial charge is 0.371 e. The van der Waals surface area contributed by atoms with Crippen molar-refractivity contribution in [2.45, 2.75) is 38.6 Å². The molecular formula is C16H24N2. The third kappa shape index (κ3) is 3.05. The van der Waals surface area contributed by atoms with Crippen LogP contribution >= 0.6 is 0 Å². The first kappa shape index (κ1) is 12.0. The summed E-state index contributed by atoms with van der Waals surface area (Å²) in [6.45, 7) is 4.56. The van der Waals surface area contributed by atoms with Crippen LogP contribution in [0, 0.1) is 11.8 Å². The van der Waals surface area contributed by atoms with Crippen LogP contribution in [0.2, 0.25) is 0 Å². The minimum atomic E-state index is 0.138. The second kappa shape index (κ2) is 4.93. The number of nitrogens with two attached hydrogens (primary N) is 1. The van der Waals surface area contributed by atoms with Gasteiger partial charge in [0.1, 0.15) is 0 Å². The van der Waals surface area contributed by atoms with Gasteiger partial charge in [-0.1, -0.05) is 12.1 Å². The maximum atomic E-state index is 5.91. The minimum absolute atomic E-state index is 0.138. The van der Waals surface area contributed by atoms with Crippen LogP contribution in [0.3, 0.4) is 0 Å². The summed E-state index contributed by atoms with van der Waals surface area (Å²) in [5.74, 6) is 1.91. The molecule has 0 aromatic heterocycles. The molecular weight excluding hydrogens is 220 g/mol. The SMILES string of the molecule is CC(N)c1ccc(N(CC2CC2)CC2CC2)cc1. The highest BCUT2D eigenvalue weighted by Crippen LogP contribution is 2.35.